The van der Waals surface area contributed by atoms with Crippen molar-refractivity contribution in [3.8, 4) is 17.2 Å². The zero-order valence-electron chi connectivity index (χ0n) is 6.20. The normalized spacial score (nSPS) is 9.91. The van der Waals surface area contributed by atoms with E-state index >= 15 is 0 Å². The van der Waals surface area contributed by atoms with Gasteiger partial charge in [-0.1, -0.05) is 6.92 Å². The molecule has 3 nitrogen and oxygen atoms in total. The third-order valence-corrected chi connectivity index (χ3v) is 1.54. The molecule has 0 bridgehead atoms. The van der Waals surface area contributed by atoms with E-state index in [9.17, 15) is 0 Å². The van der Waals surface area contributed by atoms with Crippen molar-refractivity contribution in [2.75, 3.05) is 0 Å². The lowest BCUT2D eigenvalue weighted by atomic mass is 10.1. The highest BCUT2D eigenvalue weighted by Crippen LogP contribution is 2.31. The topological polar surface area (TPSA) is 60.7 Å². The highest BCUT2D eigenvalue weighted by Gasteiger charge is 2.06. The van der Waals surface area contributed by atoms with Crippen LogP contribution >= 0.6 is 0 Å². The van der Waals surface area contributed by atoms with E-state index in [-0.39, 0.29) is 17.2 Å². The molecule has 0 saturated heterocycles. The molecule has 0 aliphatic rings. The maximum Gasteiger partial charge on any atom is 0.126 e. The maximum absolute atomic E-state index is 9.15. The number of rotatable bonds is 1. The van der Waals surface area contributed by atoms with Crippen LogP contribution in [0.2, 0.25) is 0 Å². The van der Waals surface area contributed by atoms with Crippen LogP contribution in [0.5, 0.6) is 17.2 Å². The Kier molecular flexibility index (Phi) is 1.89. The van der Waals surface area contributed by atoms with Crippen molar-refractivity contribution in [1.82, 2.24) is 0 Å². The van der Waals surface area contributed by atoms with Crippen LogP contribution in [0.1, 0.15) is 12.5 Å². The van der Waals surface area contributed by atoms with Crippen molar-refractivity contribution in [3.63, 3.8) is 0 Å². The number of phenols is 3. The van der Waals surface area contributed by atoms with E-state index in [1.54, 1.807) is 0 Å². The molecule has 0 saturated carbocycles. The second kappa shape index (κ2) is 2.70. The van der Waals surface area contributed by atoms with E-state index < -0.39 is 0 Å². The molecule has 1 aromatic rings. The Balaban J connectivity index is 3.25. The van der Waals surface area contributed by atoms with Gasteiger partial charge in [0, 0.05) is 17.7 Å². The highest BCUT2D eigenvalue weighted by atomic mass is 16.3. The second-order valence-corrected chi connectivity index (χ2v) is 2.32. The fourth-order valence-electron chi connectivity index (χ4n) is 0.990. The summed E-state index contributed by atoms with van der Waals surface area (Å²) in [4.78, 5) is 0. The van der Waals surface area contributed by atoms with Crippen LogP contribution in [-0.2, 0) is 6.42 Å². The Labute approximate surface area is 64.5 Å². The quantitative estimate of drug-likeness (QED) is 0.572. The van der Waals surface area contributed by atoms with Gasteiger partial charge in [0.25, 0.3) is 0 Å². The Morgan fingerprint density at radius 2 is 1.55 bits per heavy atom. The van der Waals surface area contributed by atoms with Crippen molar-refractivity contribution >= 4 is 0 Å². The van der Waals surface area contributed by atoms with Gasteiger partial charge in [0.05, 0.1) is 0 Å². The molecule has 0 aliphatic carbocycles. The molecule has 0 aromatic heterocycles. The van der Waals surface area contributed by atoms with Crippen LogP contribution in [0.4, 0.5) is 0 Å². The van der Waals surface area contributed by atoms with Gasteiger partial charge in [-0.05, 0) is 6.42 Å². The third-order valence-electron chi connectivity index (χ3n) is 1.54. The zero-order valence-corrected chi connectivity index (χ0v) is 6.20. The third kappa shape index (κ3) is 1.37. The van der Waals surface area contributed by atoms with E-state index in [1.165, 1.54) is 12.1 Å². The summed E-state index contributed by atoms with van der Waals surface area (Å²) in [6.45, 7) is 1.81. The van der Waals surface area contributed by atoms with Gasteiger partial charge in [0.2, 0.25) is 0 Å². The van der Waals surface area contributed by atoms with Crippen molar-refractivity contribution in [2.24, 2.45) is 0 Å². The van der Waals surface area contributed by atoms with E-state index in [2.05, 4.69) is 0 Å². The summed E-state index contributed by atoms with van der Waals surface area (Å²) in [7, 11) is 0. The predicted octanol–water partition coefficient (Wildman–Crippen LogP) is 1.37. The van der Waals surface area contributed by atoms with E-state index in [0.29, 0.717) is 12.0 Å². The molecular weight excluding hydrogens is 144 g/mol. The maximum atomic E-state index is 9.15. The summed E-state index contributed by atoms with van der Waals surface area (Å²) in [5.74, 6) is -0.257. The van der Waals surface area contributed by atoms with Gasteiger partial charge in [0.1, 0.15) is 17.2 Å². The van der Waals surface area contributed by atoms with Gasteiger partial charge in [-0.3, -0.25) is 0 Å². The SMILES string of the molecule is CCc1c(O)cc(O)cc1O. The summed E-state index contributed by atoms with van der Waals surface area (Å²) in [5, 5.41) is 27.2. The molecule has 11 heavy (non-hydrogen) atoms. The summed E-state index contributed by atoms with van der Waals surface area (Å²) in [6.07, 6.45) is 0.540. The van der Waals surface area contributed by atoms with Crippen LogP contribution in [0.3, 0.4) is 0 Å². The fraction of sp³-hybridized carbons (Fsp3) is 0.250. The molecule has 0 radical (unpaired) electrons. The molecule has 1 rings (SSSR count). The molecule has 0 aliphatic heterocycles. The van der Waals surface area contributed by atoms with Gasteiger partial charge < -0.3 is 15.3 Å². The molecule has 3 heteroatoms. The smallest absolute Gasteiger partial charge is 0.126 e. The van der Waals surface area contributed by atoms with Gasteiger partial charge in [-0.15, -0.1) is 0 Å². The Hall–Kier alpha value is -1.38. The van der Waals surface area contributed by atoms with Crippen molar-refractivity contribution in [3.05, 3.63) is 17.7 Å². The number of hydrogen-bond acceptors (Lipinski definition) is 3. The molecule has 0 spiro atoms. The molecule has 1 aromatic carbocycles. The molecule has 3 N–H and O–H groups in total. The summed E-state index contributed by atoms with van der Waals surface area (Å²) >= 11 is 0. The molecule has 0 heterocycles. The van der Waals surface area contributed by atoms with Gasteiger partial charge in [-0.2, -0.15) is 0 Å². The number of hydrogen-bond donors (Lipinski definition) is 3. The lowest BCUT2D eigenvalue weighted by Crippen LogP contribution is -1.82. The highest BCUT2D eigenvalue weighted by molar-refractivity contribution is 5.48. The summed E-state index contributed by atoms with van der Waals surface area (Å²) < 4.78 is 0. The van der Waals surface area contributed by atoms with E-state index in [4.69, 9.17) is 15.3 Å². The fourth-order valence-corrected chi connectivity index (χ4v) is 0.990. The van der Waals surface area contributed by atoms with Crippen molar-refractivity contribution < 1.29 is 15.3 Å². The number of aromatic hydroxyl groups is 3. The molecule has 0 atom stereocenters. The second-order valence-electron chi connectivity index (χ2n) is 2.32. The predicted molar refractivity (Wildman–Crippen MR) is 40.8 cm³/mol. The Morgan fingerprint density at radius 3 is 1.91 bits per heavy atom. The Morgan fingerprint density at radius 1 is 1.09 bits per heavy atom. The average Bonchev–Trinajstić information content (AvgIpc) is 1.85. The molecule has 0 fully saturated rings. The van der Waals surface area contributed by atoms with Gasteiger partial charge in [0.15, 0.2) is 0 Å². The molecule has 0 amide bonds. The molecule has 0 unspecified atom stereocenters. The van der Waals surface area contributed by atoms with Crippen molar-refractivity contribution in [2.45, 2.75) is 13.3 Å². The minimum absolute atomic E-state index is 0.0648. The zero-order chi connectivity index (χ0) is 8.43. The minimum atomic E-state index is -0.128. The summed E-state index contributed by atoms with van der Waals surface area (Å²) in [6, 6.07) is 2.41. The van der Waals surface area contributed by atoms with E-state index in [1.807, 2.05) is 6.92 Å². The molecular formula is C8H10O3. The first kappa shape index (κ1) is 7.72. The minimum Gasteiger partial charge on any atom is -0.508 e. The first-order valence-electron chi connectivity index (χ1n) is 3.39. The van der Waals surface area contributed by atoms with Gasteiger partial charge >= 0.3 is 0 Å². The first-order chi connectivity index (χ1) is 5.15. The average molecular weight is 154 g/mol. The van der Waals surface area contributed by atoms with Crippen molar-refractivity contribution in [1.29, 1.82) is 0 Å². The van der Waals surface area contributed by atoms with Crippen LogP contribution in [0.25, 0.3) is 0 Å². The first-order valence-corrected chi connectivity index (χ1v) is 3.39. The summed E-state index contributed by atoms with van der Waals surface area (Å²) in [5.41, 5.74) is 0.461. The lowest BCUT2D eigenvalue weighted by molar-refractivity contribution is 0.420. The number of phenolic OH excluding ortho intramolecular Hbond substituents is 3. The van der Waals surface area contributed by atoms with Crippen LogP contribution < -0.4 is 0 Å². The van der Waals surface area contributed by atoms with E-state index in [0.717, 1.165) is 0 Å². The standard InChI is InChI=1S/C8H10O3/c1-2-6-7(10)3-5(9)4-8(6)11/h3-4,9-11H,2H2,1H3. The van der Waals surface area contributed by atoms with Crippen LogP contribution in [-0.4, -0.2) is 15.3 Å². The largest absolute Gasteiger partial charge is 0.508 e. The number of benzene rings is 1. The monoisotopic (exact) mass is 154 g/mol. The lowest BCUT2D eigenvalue weighted by Gasteiger charge is -2.04. The molecule has 60 valence electrons. The van der Waals surface area contributed by atoms with Gasteiger partial charge in [-0.25, -0.2) is 0 Å². The van der Waals surface area contributed by atoms with Crippen LogP contribution in [0.15, 0.2) is 12.1 Å². The van der Waals surface area contributed by atoms with Crippen LogP contribution in [0, 0.1) is 0 Å². The Bertz CT molecular complexity index is 245.